The van der Waals surface area contributed by atoms with Crippen LogP contribution in [0, 0.1) is 11.7 Å². The third-order valence-corrected chi connectivity index (χ3v) is 5.90. The van der Waals surface area contributed by atoms with Crippen LogP contribution in [0.5, 0.6) is 23.0 Å². The number of primary amides is 1. The van der Waals surface area contributed by atoms with Gasteiger partial charge in [-0.15, -0.1) is 13.2 Å². The lowest BCUT2D eigenvalue weighted by Gasteiger charge is -2.15. The number of nitrogens with zero attached hydrogens (tertiary/aromatic N) is 1. The van der Waals surface area contributed by atoms with Gasteiger partial charge in [0.25, 0.3) is 0 Å². The fourth-order valence-corrected chi connectivity index (χ4v) is 3.84. The molecule has 1 heterocycles. The number of Topliss-reactive ketones (excluding diaryl/α,β-unsaturated/α-hetero) is 1. The first-order valence-corrected chi connectivity index (χ1v) is 11.3. The fourth-order valence-electron chi connectivity index (χ4n) is 3.84. The van der Waals surface area contributed by atoms with Crippen LogP contribution in [0.4, 0.5) is 23.2 Å². The Morgan fingerprint density at radius 2 is 1.76 bits per heavy atom. The van der Waals surface area contributed by atoms with Gasteiger partial charge in [-0.05, 0) is 37.5 Å². The molecule has 3 aromatic rings. The summed E-state index contributed by atoms with van der Waals surface area (Å²) in [6.07, 6.45) is -2.61. The standard InChI is InChI=1S/C26H22F4N2O5/c1-13-8-17(13)21-11-23(36-22-7-5-16(10-24(22)35-3)37-26(28,29)30)19(12-31-21)25(34)32-15-4-6-20(27)18(9-15)14(2)33/h4-7,9-13,17H,8H2,1-3H3,(H,32,34)/p+1/t13-,17?/m0/s1. The molecule has 194 valence electrons. The zero-order chi connectivity index (χ0) is 26.9. The molecule has 0 saturated heterocycles. The summed E-state index contributed by atoms with van der Waals surface area (Å²) in [5.41, 5.74) is 0.910. The summed E-state index contributed by atoms with van der Waals surface area (Å²) >= 11 is 0. The lowest BCUT2D eigenvalue weighted by molar-refractivity contribution is -0.464. The van der Waals surface area contributed by atoms with Crippen molar-refractivity contribution in [3.05, 3.63) is 71.3 Å². The van der Waals surface area contributed by atoms with Crippen molar-refractivity contribution in [1.82, 2.24) is 4.98 Å². The number of alkyl halides is 3. The van der Waals surface area contributed by atoms with Crippen molar-refractivity contribution in [2.24, 2.45) is 5.92 Å². The van der Waals surface area contributed by atoms with Crippen LogP contribution < -0.4 is 19.5 Å². The van der Waals surface area contributed by atoms with Gasteiger partial charge in [0.15, 0.2) is 17.3 Å². The summed E-state index contributed by atoms with van der Waals surface area (Å²) < 4.78 is 66.8. The highest BCUT2D eigenvalue weighted by molar-refractivity contribution is 5.95. The van der Waals surface area contributed by atoms with E-state index in [1.165, 1.54) is 43.7 Å². The third kappa shape index (κ3) is 6.23. The van der Waals surface area contributed by atoms with Gasteiger partial charge in [0.05, 0.1) is 12.7 Å². The minimum absolute atomic E-state index is 0.0488. The number of hydrogen-bond acceptors (Lipinski definition) is 6. The van der Waals surface area contributed by atoms with E-state index in [0.29, 0.717) is 17.3 Å². The largest absolute Gasteiger partial charge is 0.573 e. The Labute approximate surface area is 209 Å². The monoisotopic (exact) mass is 519 g/mol. The van der Waals surface area contributed by atoms with Crippen LogP contribution in [0.3, 0.4) is 0 Å². The summed E-state index contributed by atoms with van der Waals surface area (Å²) in [5, 5.41) is 1.21. The number of carbonyl (C=O) groups is 2. The normalized spacial score (nSPS) is 16.7. The number of ketones is 1. The maximum absolute atomic E-state index is 13.9. The summed E-state index contributed by atoms with van der Waals surface area (Å²) in [6, 6.07) is 8.65. The van der Waals surface area contributed by atoms with E-state index in [1.54, 1.807) is 6.07 Å². The molecule has 1 amide bonds. The average Bonchev–Trinajstić information content (AvgIpc) is 3.56. The molecule has 7 nitrogen and oxygen atoms in total. The highest BCUT2D eigenvalue weighted by Crippen LogP contribution is 2.47. The number of aromatic nitrogens is 1. The number of benzene rings is 2. The van der Waals surface area contributed by atoms with Crippen LogP contribution in [-0.2, 0) is 0 Å². The van der Waals surface area contributed by atoms with Gasteiger partial charge in [0.2, 0.25) is 0 Å². The minimum Gasteiger partial charge on any atom is -0.493 e. The molecule has 2 atom stereocenters. The molecule has 11 heteroatoms. The maximum atomic E-state index is 13.9. The Bertz CT molecular complexity index is 1360. The summed E-state index contributed by atoms with van der Waals surface area (Å²) in [4.78, 5) is 29.3. The third-order valence-electron chi connectivity index (χ3n) is 5.90. The maximum Gasteiger partial charge on any atom is 0.573 e. The number of ether oxygens (including phenoxy) is 3. The second kappa shape index (κ2) is 10.2. The second-order valence-corrected chi connectivity index (χ2v) is 8.69. The molecule has 1 aliphatic rings. The lowest BCUT2D eigenvalue weighted by atomic mass is 10.1. The van der Waals surface area contributed by atoms with E-state index in [4.69, 9.17) is 9.47 Å². The summed E-state index contributed by atoms with van der Waals surface area (Å²) in [6.45, 7) is 3.28. The average molecular weight is 519 g/mol. The van der Waals surface area contributed by atoms with Crippen LogP contribution in [0.1, 0.15) is 52.6 Å². The molecule has 4 rings (SSSR count). The van der Waals surface area contributed by atoms with Crippen LogP contribution in [-0.4, -0.2) is 30.1 Å². The predicted molar refractivity (Wildman–Crippen MR) is 123 cm³/mol. The summed E-state index contributed by atoms with van der Waals surface area (Å²) in [7, 11) is 1.25. The Balaban J connectivity index is 1.66. The topological polar surface area (TPSA) is 91.3 Å². The Morgan fingerprint density at radius 1 is 1.03 bits per heavy atom. The van der Waals surface area contributed by atoms with Crippen molar-refractivity contribution in [3.63, 3.8) is 0 Å². The molecule has 1 saturated carbocycles. The molecular formula is C26H23F4N2O5+. The van der Waals surface area contributed by atoms with Gasteiger partial charge in [-0.1, -0.05) is 6.92 Å². The lowest BCUT2D eigenvalue weighted by Crippen LogP contribution is -2.82. The summed E-state index contributed by atoms with van der Waals surface area (Å²) in [5.74, 6) is -1.51. The van der Waals surface area contributed by atoms with E-state index in [2.05, 4.69) is 16.6 Å². The fraction of sp³-hybridized carbons (Fsp3) is 0.269. The number of methoxy groups -OCH3 is 1. The predicted octanol–water partition coefficient (Wildman–Crippen LogP) is 5.28. The molecule has 37 heavy (non-hydrogen) atoms. The molecule has 0 bridgehead atoms. The molecule has 2 N–H and O–H groups in total. The van der Waals surface area contributed by atoms with Crippen molar-refractivity contribution in [3.8, 4) is 23.0 Å². The van der Waals surface area contributed by atoms with E-state index in [-0.39, 0.29) is 34.3 Å². The Hall–Kier alpha value is -3.99. The van der Waals surface area contributed by atoms with Gasteiger partial charge in [0, 0.05) is 42.1 Å². The van der Waals surface area contributed by atoms with Gasteiger partial charge in [-0.3, -0.25) is 9.78 Å². The highest BCUT2D eigenvalue weighted by Gasteiger charge is 2.36. The van der Waals surface area contributed by atoms with E-state index in [1.807, 2.05) is 0 Å². The highest BCUT2D eigenvalue weighted by atomic mass is 19.4. The van der Waals surface area contributed by atoms with Crippen LogP contribution in [0.15, 0.2) is 48.7 Å². The van der Waals surface area contributed by atoms with Crippen LogP contribution in [0.2, 0.25) is 0 Å². The number of halogens is 4. The first-order valence-electron chi connectivity index (χ1n) is 11.3. The first-order chi connectivity index (χ1) is 17.4. The van der Waals surface area contributed by atoms with Gasteiger partial charge in [0.1, 0.15) is 28.6 Å². The van der Waals surface area contributed by atoms with Crippen molar-refractivity contribution in [1.29, 1.82) is 0 Å². The quantitative estimate of drug-likeness (QED) is 0.247. The SMILES string of the molecule is COc1cc(OC(F)(F)F)ccc1Oc1cc(C2C[C@@H]2C)ncc1C(=O)[NH2+]c1ccc(F)c(C(C)=O)c1. The number of pyridine rings is 1. The smallest absolute Gasteiger partial charge is 0.493 e. The van der Waals surface area contributed by atoms with Crippen molar-refractivity contribution >= 4 is 17.4 Å². The number of nitrogens with two attached hydrogens (primary N) is 1. The molecule has 1 aromatic heterocycles. The second-order valence-electron chi connectivity index (χ2n) is 8.69. The van der Waals surface area contributed by atoms with E-state index >= 15 is 0 Å². The Kier molecular flexibility index (Phi) is 7.17. The number of amides is 1. The van der Waals surface area contributed by atoms with E-state index < -0.39 is 29.6 Å². The van der Waals surface area contributed by atoms with Crippen molar-refractivity contribution in [2.45, 2.75) is 32.5 Å². The molecule has 0 aliphatic heterocycles. The van der Waals surface area contributed by atoms with Crippen LogP contribution >= 0.6 is 0 Å². The molecule has 2 aromatic carbocycles. The van der Waals surface area contributed by atoms with Crippen molar-refractivity contribution < 1.29 is 46.7 Å². The molecule has 1 unspecified atom stereocenters. The molecule has 1 fully saturated rings. The Morgan fingerprint density at radius 3 is 2.38 bits per heavy atom. The van der Waals surface area contributed by atoms with E-state index in [9.17, 15) is 27.2 Å². The number of hydrogen-bond donors (Lipinski definition) is 1. The van der Waals surface area contributed by atoms with Gasteiger partial charge < -0.3 is 14.2 Å². The first kappa shape index (κ1) is 26.1. The molecule has 0 radical (unpaired) electrons. The van der Waals surface area contributed by atoms with Crippen LogP contribution in [0.25, 0.3) is 0 Å². The number of quaternary nitrogens is 1. The van der Waals surface area contributed by atoms with Gasteiger partial charge >= 0.3 is 12.3 Å². The zero-order valence-electron chi connectivity index (χ0n) is 20.1. The van der Waals surface area contributed by atoms with Gasteiger partial charge in [-0.25, -0.2) is 14.5 Å². The van der Waals surface area contributed by atoms with E-state index in [0.717, 1.165) is 24.6 Å². The zero-order valence-corrected chi connectivity index (χ0v) is 20.1. The number of rotatable bonds is 8. The molecular weight excluding hydrogens is 496 g/mol. The van der Waals surface area contributed by atoms with Gasteiger partial charge in [-0.2, -0.15) is 0 Å². The minimum atomic E-state index is -4.88. The number of carbonyl (C=O) groups excluding carboxylic acids is 2. The molecule has 0 spiro atoms. The van der Waals surface area contributed by atoms with Crippen molar-refractivity contribution in [2.75, 3.05) is 7.11 Å². The molecule has 1 aliphatic carbocycles.